The number of halogens is 2. The van der Waals surface area contributed by atoms with E-state index in [1.165, 1.54) is 24.3 Å². The maximum absolute atomic E-state index is 14.1. The third kappa shape index (κ3) is 4.09. The van der Waals surface area contributed by atoms with Crippen LogP contribution in [0, 0.1) is 11.6 Å². The van der Waals surface area contributed by atoms with E-state index < -0.39 is 33.5 Å². The van der Waals surface area contributed by atoms with Crippen LogP contribution in [-0.4, -0.2) is 40.6 Å². The van der Waals surface area contributed by atoms with Crippen molar-refractivity contribution in [1.29, 1.82) is 0 Å². The van der Waals surface area contributed by atoms with E-state index >= 15 is 0 Å². The van der Waals surface area contributed by atoms with Crippen molar-refractivity contribution in [2.45, 2.75) is 25.2 Å². The Balaban J connectivity index is 2.49. The highest BCUT2D eigenvalue weighted by molar-refractivity contribution is 7.86. The summed E-state index contributed by atoms with van der Waals surface area (Å²) in [4.78, 5) is 3.70. The normalized spacial score (nSPS) is 16.0. The van der Waals surface area contributed by atoms with Crippen molar-refractivity contribution in [2.75, 3.05) is 6.26 Å². The molecule has 0 radical (unpaired) electrons. The van der Waals surface area contributed by atoms with E-state index in [1.807, 2.05) is 0 Å². The van der Waals surface area contributed by atoms with Crippen molar-refractivity contribution in [3.8, 4) is 0 Å². The third-order valence-electron chi connectivity index (χ3n) is 3.26. The zero-order valence-corrected chi connectivity index (χ0v) is 13.2. The predicted octanol–water partition coefficient (Wildman–Crippen LogP) is 0.809. The summed E-state index contributed by atoms with van der Waals surface area (Å²) in [5, 5.41) is 14.7. The first-order valence-corrected chi connectivity index (χ1v) is 8.32. The van der Waals surface area contributed by atoms with Crippen LogP contribution in [0.15, 0.2) is 30.9 Å². The van der Waals surface area contributed by atoms with Crippen LogP contribution < -0.4 is 0 Å². The Morgan fingerprint density at radius 2 is 2.13 bits per heavy atom. The number of nitrogens with zero attached hydrogens (tertiary/aromatic N) is 3. The molecule has 1 aromatic heterocycles. The van der Waals surface area contributed by atoms with E-state index in [9.17, 15) is 22.3 Å². The quantitative estimate of drug-likeness (QED) is 0.777. The molecule has 0 saturated carbocycles. The largest absolute Gasteiger partial charge is 0.380 e. The molecule has 7 nitrogen and oxygen atoms in total. The van der Waals surface area contributed by atoms with Gasteiger partial charge in [-0.05, 0) is 13.0 Å². The molecule has 10 heteroatoms. The number of benzene rings is 1. The summed E-state index contributed by atoms with van der Waals surface area (Å²) >= 11 is 0. The van der Waals surface area contributed by atoms with Crippen molar-refractivity contribution in [3.05, 3.63) is 48.1 Å². The fourth-order valence-electron chi connectivity index (χ4n) is 2.18. The van der Waals surface area contributed by atoms with Crippen molar-refractivity contribution in [1.82, 2.24) is 14.8 Å². The minimum Gasteiger partial charge on any atom is -0.380 e. The molecular weight excluding hydrogens is 332 g/mol. The Morgan fingerprint density at radius 3 is 2.65 bits per heavy atom. The van der Waals surface area contributed by atoms with E-state index in [2.05, 4.69) is 10.1 Å². The van der Waals surface area contributed by atoms with Gasteiger partial charge in [-0.25, -0.2) is 18.4 Å². The summed E-state index contributed by atoms with van der Waals surface area (Å²) in [6.07, 6.45) is 1.91. The molecular formula is C13H15F2N3O4S. The van der Waals surface area contributed by atoms with Gasteiger partial charge in [-0.15, -0.1) is 0 Å². The van der Waals surface area contributed by atoms with Crippen LogP contribution in [0.3, 0.4) is 0 Å². The Hall–Kier alpha value is -1.91. The smallest absolute Gasteiger partial charge is 0.264 e. The zero-order chi connectivity index (χ0) is 17.3. The van der Waals surface area contributed by atoms with E-state index in [0.717, 1.165) is 18.4 Å². The standard InChI is InChI=1S/C13H15F2N3O4S/c1-9(22-23(2,20)21)13(19,6-18-8-16-7-17-18)11-4-3-10(14)5-12(11)15/h3-5,7-9,19H,6H2,1-2H3/t9-,13?/m1/s1. The van der Waals surface area contributed by atoms with E-state index in [4.69, 9.17) is 4.18 Å². The highest BCUT2D eigenvalue weighted by atomic mass is 32.2. The molecule has 0 bridgehead atoms. The molecule has 1 heterocycles. The van der Waals surface area contributed by atoms with Crippen molar-refractivity contribution in [2.24, 2.45) is 0 Å². The molecule has 0 saturated heterocycles. The van der Waals surface area contributed by atoms with Gasteiger partial charge in [-0.3, -0.25) is 4.18 Å². The Kier molecular flexibility index (Phi) is 4.78. The number of hydrogen-bond acceptors (Lipinski definition) is 6. The maximum atomic E-state index is 14.1. The second kappa shape index (κ2) is 6.30. The SMILES string of the molecule is C[C@@H](OS(C)(=O)=O)C(O)(Cn1cncn1)c1ccc(F)cc1F. The van der Waals surface area contributed by atoms with Gasteiger partial charge >= 0.3 is 0 Å². The van der Waals surface area contributed by atoms with E-state index in [0.29, 0.717) is 6.07 Å². The van der Waals surface area contributed by atoms with Gasteiger partial charge in [0.2, 0.25) is 0 Å². The van der Waals surface area contributed by atoms with Gasteiger partial charge in [0, 0.05) is 11.6 Å². The fraction of sp³-hybridized carbons (Fsp3) is 0.385. The van der Waals surface area contributed by atoms with Gasteiger partial charge in [-0.2, -0.15) is 13.5 Å². The summed E-state index contributed by atoms with van der Waals surface area (Å²) < 4.78 is 55.9. The van der Waals surface area contributed by atoms with Gasteiger partial charge < -0.3 is 5.11 Å². The Morgan fingerprint density at radius 1 is 1.43 bits per heavy atom. The van der Waals surface area contributed by atoms with Crippen LogP contribution in [0.1, 0.15) is 12.5 Å². The van der Waals surface area contributed by atoms with Crippen LogP contribution in [-0.2, 0) is 26.4 Å². The Bertz CT molecular complexity index is 783. The minimum absolute atomic E-state index is 0.314. The molecule has 0 aliphatic heterocycles. The number of aromatic nitrogens is 3. The lowest BCUT2D eigenvalue weighted by Gasteiger charge is -2.33. The first-order valence-electron chi connectivity index (χ1n) is 6.50. The summed E-state index contributed by atoms with van der Waals surface area (Å²) in [5.74, 6) is -1.86. The third-order valence-corrected chi connectivity index (χ3v) is 3.90. The summed E-state index contributed by atoms with van der Waals surface area (Å²) in [5.41, 5.74) is -2.43. The van der Waals surface area contributed by atoms with E-state index in [1.54, 1.807) is 0 Å². The number of aliphatic hydroxyl groups is 1. The second-order valence-electron chi connectivity index (χ2n) is 5.08. The highest BCUT2D eigenvalue weighted by Gasteiger charge is 2.41. The number of hydrogen-bond donors (Lipinski definition) is 1. The lowest BCUT2D eigenvalue weighted by molar-refractivity contribution is -0.0734. The zero-order valence-electron chi connectivity index (χ0n) is 12.3. The lowest BCUT2D eigenvalue weighted by Crippen LogP contribution is -2.45. The van der Waals surface area contributed by atoms with Crippen LogP contribution in [0.25, 0.3) is 0 Å². The molecule has 23 heavy (non-hydrogen) atoms. The number of rotatable bonds is 6. The minimum atomic E-state index is -3.92. The van der Waals surface area contributed by atoms with Gasteiger partial charge in [0.1, 0.15) is 36.0 Å². The molecule has 2 aromatic rings. The molecule has 0 fully saturated rings. The predicted molar refractivity (Wildman–Crippen MR) is 75.7 cm³/mol. The van der Waals surface area contributed by atoms with E-state index in [-0.39, 0.29) is 12.1 Å². The average Bonchev–Trinajstić information content (AvgIpc) is 2.88. The molecule has 0 amide bonds. The van der Waals surface area contributed by atoms with Gasteiger partial charge in [0.25, 0.3) is 10.1 Å². The molecule has 0 spiro atoms. The summed E-state index contributed by atoms with van der Waals surface area (Å²) in [6, 6.07) is 2.58. The average molecular weight is 347 g/mol. The van der Waals surface area contributed by atoms with Gasteiger partial charge in [0.05, 0.1) is 12.8 Å². The van der Waals surface area contributed by atoms with Crippen molar-refractivity contribution >= 4 is 10.1 Å². The molecule has 2 rings (SSSR count). The monoisotopic (exact) mass is 347 g/mol. The molecule has 1 unspecified atom stereocenters. The molecule has 0 aliphatic carbocycles. The van der Waals surface area contributed by atoms with Crippen molar-refractivity contribution < 1.29 is 26.5 Å². The van der Waals surface area contributed by atoms with Crippen LogP contribution in [0.2, 0.25) is 0 Å². The van der Waals surface area contributed by atoms with Crippen LogP contribution in [0.4, 0.5) is 8.78 Å². The molecule has 0 aliphatic rings. The first-order chi connectivity index (χ1) is 10.6. The molecule has 1 N–H and O–H groups in total. The molecule has 1 aromatic carbocycles. The Labute approximate surface area is 131 Å². The second-order valence-corrected chi connectivity index (χ2v) is 6.68. The summed E-state index contributed by atoms with van der Waals surface area (Å²) in [6.45, 7) is 0.924. The highest BCUT2D eigenvalue weighted by Crippen LogP contribution is 2.32. The first kappa shape index (κ1) is 17.4. The molecule has 126 valence electrons. The summed E-state index contributed by atoms with van der Waals surface area (Å²) in [7, 11) is -3.92. The maximum Gasteiger partial charge on any atom is 0.264 e. The van der Waals surface area contributed by atoms with Crippen molar-refractivity contribution in [3.63, 3.8) is 0 Å². The van der Waals surface area contributed by atoms with Crippen LogP contribution >= 0.6 is 0 Å². The van der Waals surface area contributed by atoms with Gasteiger partial charge in [0.15, 0.2) is 0 Å². The molecule has 2 atom stereocenters. The van der Waals surface area contributed by atoms with Crippen LogP contribution in [0.5, 0.6) is 0 Å². The fourth-order valence-corrected chi connectivity index (χ4v) is 2.86. The topological polar surface area (TPSA) is 94.3 Å². The van der Waals surface area contributed by atoms with Gasteiger partial charge in [-0.1, -0.05) is 6.07 Å². The lowest BCUT2D eigenvalue weighted by atomic mass is 9.88.